The summed E-state index contributed by atoms with van der Waals surface area (Å²) in [6.07, 6.45) is -3.70. The molecule has 1 aromatic heterocycles. The summed E-state index contributed by atoms with van der Waals surface area (Å²) < 4.78 is 60.3. The molecule has 8 nitrogen and oxygen atoms in total. The van der Waals surface area contributed by atoms with Crippen LogP contribution in [0.1, 0.15) is 18.9 Å². The van der Waals surface area contributed by atoms with Crippen LogP contribution >= 0.6 is 19.6 Å². The number of rotatable bonds is 8. The highest BCUT2D eigenvalue weighted by Crippen LogP contribution is 2.38. The third-order valence-electron chi connectivity index (χ3n) is 3.74. The number of hydrogen-bond donors (Lipinski definition) is 1. The molecule has 0 aliphatic carbocycles. The summed E-state index contributed by atoms with van der Waals surface area (Å²) in [5.41, 5.74) is -1.36. The van der Waals surface area contributed by atoms with Gasteiger partial charge < -0.3 is 14.6 Å². The average molecular weight is 454 g/mol. The summed E-state index contributed by atoms with van der Waals surface area (Å²) in [6, 6.07) is 4.26. The molecule has 0 spiro atoms. The number of hydrogen-bond acceptors (Lipinski definition) is 7. The molecule has 1 aromatic carbocycles. The van der Waals surface area contributed by atoms with Crippen molar-refractivity contribution >= 4 is 31.0 Å². The third kappa shape index (κ3) is 5.81. The van der Waals surface area contributed by atoms with Crippen LogP contribution in [0.25, 0.3) is 0 Å². The highest BCUT2D eigenvalue weighted by atomic mass is 35.5. The summed E-state index contributed by atoms with van der Waals surface area (Å²) in [6.45, 7) is 1.72. The molecule has 1 heterocycles. The molecular weight excluding hydrogens is 438 g/mol. The lowest BCUT2D eigenvalue weighted by atomic mass is 10.2. The van der Waals surface area contributed by atoms with E-state index >= 15 is 0 Å². The van der Waals surface area contributed by atoms with Gasteiger partial charge in [0.15, 0.2) is 0 Å². The molecule has 0 aliphatic rings. The minimum absolute atomic E-state index is 0.00205. The van der Waals surface area contributed by atoms with E-state index in [0.717, 1.165) is 6.07 Å². The summed E-state index contributed by atoms with van der Waals surface area (Å²) in [5, 5.41) is 13.7. The van der Waals surface area contributed by atoms with Crippen molar-refractivity contribution in [3.8, 4) is 11.6 Å². The summed E-state index contributed by atoms with van der Waals surface area (Å²) in [5.74, 6) is -0.956. The molecule has 0 saturated carbocycles. The number of ether oxygens (including phenoxy) is 1. The number of nitro groups is 1. The number of nitro benzene ring substituents is 1. The number of aromatic nitrogens is 1. The number of nitrogens with one attached hydrogen (secondary N) is 1. The maximum atomic E-state index is 12.7. The lowest BCUT2D eigenvalue weighted by molar-refractivity contribution is -0.384. The molecule has 29 heavy (non-hydrogen) atoms. The molecule has 0 amide bonds. The van der Waals surface area contributed by atoms with Gasteiger partial charge in [-0.15, -0.1) is 0 Å². The highest BCUT2D eigenvalue weighted by Gasteiger charge is 2.32. The topological polar surface area (TPSA) is 104 Å². The average Bonchev–Trinajstić information content (AvgIpc) is 2.66. The fourth-order valence-corrected chi connectivity index (χ4v) is 3.37. The first-order valence-electron chi connectivity index (χ1n) is 8.10. The highest BCUT2D eigenvalue weighted by molar-refractivity contribution is 7.40. The van der Waals surface area contributed by atoms with E-state index in [-0.39, 0.29) is 28.0 Å². The van der Waals surface area contributed by atoms with Gasteiger partial charge in [-0.25, -0.2) is 4.98 Å². The number of anilines is 1. The Labute approximate surface area is 169 Å². The van der Waals surface area contributed by atoms with Crippen LogP contribution in [0.2, 0.25) is 5.02 Å². The number of alkyl halides is 3. The second-order valence-corrected chi connectivity index (χ2v) is 7.83. The fraction of sp³-hybridized carbons (Fsp3) is 0.312. The van der Waals surface area contributed by atoms with E-state index in [1.54, 1.807) is 6.92 Å². The van der Waals surface area contributed by atoms with Crippen LogP contribution < -0.4 is 10.1 Å². The second-order valence-electron chi connectivity index (χ2n) is 5.68. The first-order chi connectivity index (χ1) is 13.6. The molecule has 2 atom stereocenters. The van der Waals surface area contributed by atoms with Gasteiger partial charge in [-0.05, 0) is 18.6 Å². The Kier molecular flexibility index (Phi) is 7.45. The van der Waals surface area contributed by atoms with Gasteiger partial charge in [0.2, 0.25) is 13.9 Å². The Hall–Kier alpha value is -2.36. The Morgan fingerprint density at radius 3 is 2.59 bits per heavy atom. The van der Waals surface area contributed by atoms with Gasteiger partial charge in [-0.2, -0.15) is 13.2 Å². The molecular formula is C16H16ClF3N3O5P. The van der Waals surface area contributed by atoms with Crippen molar-refractivity contribution in [2.75, 3.05) is 12.4 Å². The maximum absolute atomic E-state index is 12.7. The molecule has 0 bridgehead atoms. The number of benzene rings is 1. The van der Waals surface area contributed by atoms with Crippen LogP contribution in [-0.2, 0) is 15.3 Å². The van der Waals surface area contributed by atoms with E-state index in [0.29, 0.717) is 18.7 Å². The van der Waals surface area contributed by atoms with Gasteiger partial charge in [0.1, 0.15) is 22.2 Å². The van der Waals surface area contributed by atoms with E-state index in [9.17, 15) is 27.9 Å². The molecule has 0 aliphatic heterocycles. The van der Waals surface area contributed by atoms with Crippen LogP contribution in [-0.4, -0.2) is 22.8 Å². The van der Waals surface area contributed by atoms with Crippen molar-refractivity contribution in [3.05, 3.63) is 51.2 Å². The zero-order valence-electron chi connectivity index (χ0n) is 15.1. The lowest BCUT2D eigenvalue weighted by Gasteiger charge is -2.17. The number of pyridine rings is 1. The van der Waals surface area contributed by atoms with E-state index in [1.807, 2.05) is 0 Å². The van der Waals surface area contributed by atoms with Crippen LogP contribution in [0.5, 0.6) is 11.6 Å². The monoisotopic (exact) mass is 453 g/mol. The molecule has 2 unspecified atom stereocenters. The molecule has 2 rings (SSSR count). The maximum Gasteiger partial charge on any atom is 0.417 e. The molecule has 158 valence electrons. The van der Waals surface area contributed by atoms with Crippen LogP contribution in [0.15, 0.2) is 30.5 Å². The zero-order valence-corrected chi connectivity index (χ0v) is 16.9. The smallest absolute Gasteiger partial charge is 0.417 e. The van der Waals surface area contributed by atoms with Gasteiger partial charge in [0.05, 0.1) is 10.5 Å². The molecule has 0 radical (unpaired) electrons. The Balaban J connectivity index is 2.35. The third-order valence-corrected chi connectivity index (χ3v) is 5.53. The first kappa shape index (κ1) is 22.9. The second kappa shape index (κ2) is 9.43. The largest absolute Gasteiger partial charge is 0.437 e. The van der Waals surface area contributed by atoms with Crippen molar-refractivity contribution in [1.82, 2.24) is 4.98 Å². The van der Waals surface area contributed by atoms with Crippen LogP contribution in [0, 0.1) is 10.1 Å². The predicted molar refractivity (Wildman–Crippen MR) is 101 cm³/mol. The van der Waals surface area contributed by atoms with Crippen LogP contribution in [0.4, 0.5) is 24.5 Å². The normalized spacial score (nSPS) is 13.6. The van der Waals surface area contributed by atoms with E-state index in [4.69, 9.17) is 20.9 Å². The van der Waals surface area contributed by atoms with Crippen molar-refractivity contribution in [3.63, 3.8) is 0 Å². The van der Waals surface area contributed by atoms with Crippen molar-refractivity contribution < 1.29 is 31.9 Å². The lowest BCUT2D eigenvalue weighted by Crippen LogP contribution is -2.15. The van der Waals surface area contributed by atoms with Crippen LogP contribution in [0.3, 0.4) is 0 Å². The number of halogens is 4. The summed E-state index contributed by atoms with van der Waals surface area (Å²) >= 11 is 5.81. The zero-order chi connectivity index (χ0) is 21.8. The molecule has 13 heteroatoms. The minimum Gasteiger partial charge on any atom is -0.437 e. The molecule has 1 N–H and O–H groups in total. The van der Waals surface area contributed by atoms with Gasteiger partial charge in [0, 0.05) is 25.4 Å². The summed E-state index contributed by atoms with van der Waals surface area (Å²) in [4.78, 5) is 14.2. The Morgan fingerprint density at radius 2 is 2.07 bits per heavy atom. The quantitative estimate of drug-likeness (QED) is 0.309. The van der Waals surface area contributed by atoms with Crippen molar-refractivity contribution in [2.24, 2.45) is 0 Å². The number of nitrogens with zero attached hydrogens (tertiary/aromatic N) is 2. The van der Waals surface area contributed by atoms with E-state index < -0.39 is 30.5 Å². The van der Waals surface area contributed by atoms with Gasteiger partial charge in [-0.1, -0.05) is 18.5 Å². The first-order valence-corrected chi connectivity index (χ1v) is 9.87. The molecule has 0 saturated heterocycles. The standard InChI is InChI=1S/C16H16ClF3N3O5P/c1-3-14(29(26)27-2)22-12-7-10(4-5-13(12)23(24)25)28-15-11(17)6-9(8-21-15)16(18,19)20/h4-8,14,22,29H,3H2,1-2H3. The van der Waals surface area contributed by atoms with Gasteiger partial charge in [0.25, 0.3) is 5.69 Å². The van der Waals surface area contributed by atoms with Gasteiger partial charge in [-0.3, -0.25) is 14.7 Å². The minimum atomic E-state index is -4.62. The Bertz CT molecular complexity index is 929. The van der Waals surface area contributed by atoms with Crippen molar-refractivity contribution in [1.29, 1.82) is 0 Å². The van der Waals surface area contributed by atoms with E-state index in [1.165, 1.54) is 19.2 Å². The van der Waals surface area contributed by atoms with Gasteiger partial charge >= 0.3 is 6.18 Å². The molecule has 2 aromatic rings. The van der Waals surface area contributed by atoms with E-state index in [2.05, 4.69) is 10.3 Å². The fourth-order valence-electron chi connectivity index (χ4n) is 2.28. The predicted octanol–water partition coefficient (Wildman–Crippen LogP) is 5.72. The van der Waals surface area contributed by atoms with Crippen molar-refractivity contribution in [2.45, 2.75) is 25.3 Å². The molecule has 0 fully saturated rings. The SMILES string of the molecule is CCC(Nc1cc(Oc2ncc(C(F)(F)F)cc2Cl)ccc1[N+](=O)[O-])[PH](=O)OC. The Morgan fingerprint density at radius 1 is 1.38 bits per heavy atom. The summed E-state index contributed by atoms with van der Waals surface area (Å²) in [7, 11) is -1.26.